The second-order valence-electron chi connectivity index (χ2n) is 5.24. The standard InChI is InChI=1S/C15H20N2O2/c1-10-5-3-7-13(11(10)2)15(19)17-8-4-6-12(9-17)14(16)18/h3,5,7,12H,4,6,8-9H2,1-2H3,(H2,16,18). The first-order chi connectivity index (χ1) is 9.00. The van der Waals surface area contributed by atoms with Crippen LogP contribution in [0.2, 0.25) is 0 Å². The molecular formula is C15H20N2O2. The predicted octanol–water partition coefficient (Wildman–Crippen LogP) is 1.64. The molecular weight excluding hydrogens is 240 g/mol. The van der Waals surface area contributed by atoms with Crippen molar-refractivity contribution < 1.29 is 9.59 Å². The van der Waals surface area contributed by atoms with Gasteiger partial charge in [0, 0.05) is 18.7 Å². The number of likely N-dealkylation sites (tertiary alicyclic amines) is 1. The second kappa shape index (κ2) is 5.43. The monoisotopic (exact) mass is 260 g/mol. The van der Waals surface area contributed by atoms with Crippen molar-refractivity contribution in [3.8, 4) is 0 Å². The fraction of sp³-hybridized carbons (Fsp3) is 0.467. The number of primary amides is 1. The molecule has 4 heteroatoms. The van der Waals surface area contributed by atoms with E-state index >= 15 is 0 Å². The van der Waals surface area contributed by atoms with Crippen molar-refractivity contribution in [2.45, 2.75) is 26.7 Å². The van der Waals surface area contributed by atoms with Gasteiger partial charge in [0.05, 0.1) is 5.92 Å². The van der Waals surface area contributed by atoms with E-state index in [2.05, 4.69) is 0 Å². The van der Waals surface area contributed by atoms with Crippen LogP contribution in [0, 0.1) is 19.8 Å². The summed E-state index contributed by atoms with van der Waals surface area (Å²) in [5.41, 5.74) is 8.19. The molecule has 1 fully saturated rings. The van der Waals surface area contributed by atoms with E-state index in [-0.39, 0.29) is 17.7 Å². The van der Waals surface area contributed by atoms with Crippen LogP contribution in [0.3, 0.4) is 0 Å². The third kappa shape index (κ3) is 2.78. The van der Waals surface area contributed by atoms with E-state index in [0.29, 0.717) is 13.1 Å². The first kappa shape index (κ1) is 13.6. The molecule has 19 heavy (non-hydrogen) atoms. The van der Waals surface area contributed by atoms with Crippen LogP contribution in [-0.4, -0.2) is 29.8 Å². The van der Waals surface area contributed by atoms with Crippen molar-refractivity contribution in [3.05, 3.63) is 34.9 Å². The predicted molar refractivity (Wildman–Crippen MR) is 73.7 cm³/mol. The van der Waals surface area contributed by atoms with Gasteiger partial charge in [0.1, 0.15) is 0 Å². The molecule has 0 spiro atoms. The van der Waals surface area contributed by atoms with Crippen molar-refractivity contribution in [2.75, 3.05) is 13.1 Å². The summed E-state index contributed by atoms with van der Waals surface area (Å²) in [5.74, 6) is -0.506. The zero-order valence-corrected chi connectivity index (χ0v) is 11.5. The number of rotatable bonds is 2. The van der Waals surface area contributed by atoms with Gasteiger partial charge in [0.15, 0.2) is 0 Å². The van der Waals surface area contributed by atoms with Crippen molar-refractivity contribution in [1.82, 2.24) is 4.90 Å². The number of benzene rings is 1. The lowest BCUT2D eigenvalue weighted by Crippen LogP contribution is -2.44. The topological polar surface area (TPSA) is 63.4 Å². The lowest BCUT2D eigenvalue weighted by atomic mass is 9.95. The fourth-order valence-electron chi connectivity index (χ4n) is 2.55. The maximum absolute atomic E-state index is 12.5. The molecule has 1 aliphatic rings. The van der Waals surface area contributed by atoms with Crippen molar-refractivity contribution in [3.63, 3.8) is 0 Å². The number of carbonyl (C=O) groups is 2. The average molecular weight is 260 g/mol. The van der Waals surface area contributed by atoms with E-state index in [1.165, 1.54) is 0 Å². The fourth-order valence-corrected chi connectivity index (χ4v) is 2.55. The molecule has 2 rings (SSSR count). The van der Waals surface area contributed by atoms with Gasteiger partial charge in [-0.3, -0.25) is 9.59 Å². The summed E-state index contributed by atoms with van der Waals surface area (Å²) in [5, 5.41) is 0. The highest BCUT2D eigenvalue weighted by Crippen LogP contribution is 2.20. The van der Waals surface area contributed by atoms with E-state index in [4.69, 9.17) is 5.73 Å². The van der Waals surface area contributed by atoms with Crippen LogP contribution in [0.5, 0.6) is 0 Å². The summed E-state index contributed by atoms with van der Waals surface area (Å²) in [6.45, 7) is 5.10. The molecule has 1 unspecified atom stereocenters. The Morgan fingerprint density at radius 2 is 2.05 bits per heavy atom. The number of aryl methyl sites for hydroxylation is 1. The Bertz CT molecular complexity index is 511. The van der Waals surface area contributed by atoms with Gasteiger partial charge in [-0.2, -0.15) is 0 Å². The Kier molecular flexibility index (Phi) is 3.88. The molecule has 4 nitrogen and oxygen atoms in total. The number of hydrogen-bond acceptors (Lipinski definition) is 2. The minimum atomic E-state index is -0.307. The smallest absolute Gasteiger partial charge is 0.254 e. The van der Waals surface area contributed by atoms with Gasteiger partial charge in [0.25, 0.3) is 5.91 Å². The maximum Gasteiger partial charge on any atom is 0.254 e. The van der Waals surface area contributed by atoms with Gasteiger partial charge in [-0.25, -0.2) is 0 Å². The first-order valence-electron chi connectivity index (χ1n) is 6.65. The van der Waals surface area contributed by atoms with Gasteiger partial charge in [-0.05, 0) is 43.9 Å². The normalized spacial score (nSPS) is 19.3. The molecule has 2 N–H and O–H groups in total. The summed E-state index contributed by atoms with van der Waals surface area (Å²) in [7, 11) is 0. The van der Waals surface area contributed by atoms with Crippen molar-refractivity contribution >= 4 is 11.8 Å². The number of amides is 2. The van der Waals surface area contributed by atoms with Crippen LogP contribution in [0.25, 0.3) is 0 Å². The zero-order valence-electron chi connectivity index (χ0n) is 11.5. The Morgan fingerprint density at radius 1 is 1.32 bits per heavy atom. The van der Waals surface area contributed by atoms with Crippen LogP contribution in [0.4, 0.5) is 0 Å². The lowest BCUT2D eigenvalue weighted by Gasteiger charge is -2.31. The SMILES string of the molecule is Cc1cccc(C(=O)N2CCCC(C(N)=O)C2)c1C. The lowest BCUT2D eigenvalue weighted by molar-refractivity contribution is -0.123. The van der Waals surface area contributed by atoms with Gasteiger partial charge in [0.2, 0.25) is 5.91 Å². The summed E-state index contributed by atoms with van der Waals surface area (Å²) in [6.07, 6.45) is 1.62. The molecule has 1 aromatic rings. The van der Waals surface area contributed by atoms with Crippen LogP contribution in [-0.2, 0) is 4.79 Å². The average Bonchev–Trinajstić information content (AvgIpc) is 2.41. The molecule has 1 heterocycles. The largest absolute Gasteiger partial charge is 0.369 e. The van der Waals surface area contributed by atoms with E-state index in [9.17, 15) is 9.59 Å². The summed E-state index contributed by atoms with van der Waals surface area (Å²) < 4.78 is 0. The molecule has 1 aliphatic heterocycles. The van der Waals surface area contributed by atoms with Gasteiger partial charge >= 0.3 is 0 Å². The quantitative estimate of drug-likeness (QED) is 0.878. The van der Waals surface area contributed by atoms with Gasteiger partial charge < -0.3 is 10.6 Å². The number of nitrogens with two attached hydrogens (primary N) is 1. The highest BCUT2D eigenvalue weighted by molar-refractivity contribution is 5.96. The third-order valence-corrected chi connectivity index (χ3v) is 3.95. The highest BCUT2D eigenvalue weighted by atomic mass is 16.2. The summed E-state index contributed by atoms with van der Waals surface area (Å²) in [6, 6.07) is 5.73. The molecule has 1 aromatic carbocycles. The molecule has 0 saturated carbocycles. The highest BCUT2D eigenvalue weighted by Gasteiger charge is 2.28. The Hall–Kier alpha value is -1.84. The van der Waals surface area contributed by atoms with E-state index < -0.39 is 0 Å². The van der Waals surface area contributed by atoms with Crippen LogP contribution in [0.15, 0.2) is 18.2 Å². The Labute approximate surface area is 113 Å². The van der Waals surface area contributed by atoms with Crippen molar-refractivity contribution in [1.29, 1.82) is 0 Å². The van der Waals surface area contributed by atoms with E-state index in [0.717, 1.165) is 29.5 Å². The Morgan fingerprint density at radius 3 is 2.74 bits per heavy atom. The van der Waals surface area contributed by atoms with E-state index in [1.807, 2.05) is 32.0 Å². The van der Waals surface area contributed by atoms with Gasteiger partial charge in [-0.15, -0.1) is 0 Å². The second-order valence-corrected chi connectivity index (χ2v) is 5.24. The first-order valence-corrected chi connectivity index (χ1v) is 6.65. The molecule has 102 valence electrons. The van der Waals surface area contributed by atoms with Gasteiger partial charge in [-0.1, -0.05) is 12.1 Å². The molecule has 0 bridgehead atoms. The molecule has 1 saturated heterocycles. The summed E-state index contributed by atoms with van der Waals surface area (Å²) in [4.78, 5) is 25.5. The van der Waals surface area contributed by atoms with Crippen molar-refractivity contribution in [2.24, 2.45) is 11.7 Å². The minimum Gasteiger partial charge on any atom is -0.369 e. The number of nitrogens with zero attached hydrogens (tertiary/aromatic N) is 1. The Balaban J connectivity index is 2.19. The third-order valence-electron chi connectivity index (χ3n) is 3.95. The molecule has 0 aliphatic carbocycles. The zero-order chi connectivity index (χ0) is 14.0. The van der Waals surface area contributed by atoms with Crippen LogP contribution in [0.1, 0.15) is 34.3 Å². The number of hydrogen-bond donors (Lipinski definition) is 1. The van der Waals surface area contributed by atoms with Crippen LogP contribution < -0.4 is 5.73 Å². The number of piperidine rings is 1. The van der Waals surface area contributed by atoms with Crippen LogP contribution >= 0.6 is 0 Å². The maximum atomic E-state index is 12.5. The molecule has 2 amide bonds. The summed E-state index contributed by atoms with van der Waals surface area (Å²) >= 11 is 0. The molecule has 0 aromatic heterocycles. The molecule has 0 radical (unpaired) electrons. The van der Waals surface area contributed by atoms with E-state index in [1.54, 1.807) is 4.90 Å². The minimum absolute atomic E-state index is 0.00662. The molecule has 1 atom stereocenters. The number of carbonyl (C=O) groups excluding carboxylic acids is 2.